The lowest BCUT2D eigenvalue weighted by atomic mass is 10.3. The van der Waals surface area contributed by atoms with Crippen LogP contribution >= 0.6 is 0 Å². The molecule has 0 aliphatic carbocycles. The third-order valence-electron chi connectivity index (χ3n) is 2.06. The molecular weight excluding hydrogens is 204 g/mol. The maximum Gasteiger partial charge on any atom is 0.284 e. The quantitative estimate of drug-likeness (QED) is 0.709. The molecule has 4 nitrogen and oxygen atoms in total. The molecule has 4 heteroatoms. The fourth-order valence-electron chi connectivity index (χ4n) is 1.38. The van der Waals surface area contributed by atoms with Crippen LogP contribution in [-0.4, -0.2) is 23.9 Å². The maximum absolute atomic E-state index is 10.8. The molecule has 1 aromatic heterocycles. The Labute approximate surface area is 95.0 Å². The van der Waals surface area contributed by atoms with Gasteiger partial charge in [0.25, 0.3) is 5.91 Å². The Balaban J connectivity index is 2.65. The first-order valence-electron chi connectivity index (χ1n) is 5.00. The average Bonchev–Trinajstić information content (AvgIpc) is 2.67. The number of furan rings is 1. The molecule has 0 spiro atoms. The van der Waals surface area contributed by atoms with Crippen LogP contribution < -0.4 is 5.73 Å². The summed E-state index contributed by atoms with van der Waals surface area (Å²) in [5.74, 6) is 0.342. The Morgan fingerprint density at radius 2 is 2.00 bits per heavy atom. The van der Waals surface area contributed by atoms with Crippen molar-refractivity contribution in [2.75, 3.05) is 13.1 Å². The van der Waals surface area contributed by atoms with Gasteiger partial charge in [0, 0.05) is 13.1 Å². The molecule has 0 unspecified atom stereocenters. The van der Waals surface area contributed by atoms with Gasteiger partial charge in [-0.05, 0) is 12.1 Å². The number of rotatable bonds is 7. The van der Waals surface area contributed by atoms with Crippen LogP contribution in [-0.2, 0) is 6.54 Å². The molecule has 16 heavy (non-hydrogen) atoms. The van der Waals surface area contributed by atoms with Gasteiger partial charge in [-0.2, -0.15) is 0 Å². The van der Waals surface area contributed by atoms with E-state index in [4.69, 9.17) is 10.2 Å². The smallest absolute Gasteiger partial charge is 0.284 e. The Bertz CT molecular complexity index is 372. The summed E-state index contributed by atoms with van der Waals surface area (Å²) in [6.07, 6.45) is 3.61. The lowest BCUT2D eigenvalue weighted by molar-refractivity contribution is 0.0970. The van der Waals surface area contributed by atoms with Crippen molar-refractivity contribution in [2.45, 2.75) is 6.54 Å². The van der Waals surface area contributed by atoms with Gasteiger partial charge in [-0.25, -0.2) is 0 Å². The molecule has 1 rings (SSSR count). The molecule has 1 amide bonds. The van der Waals surface area contributed by atoms with Gasteiger partial charge in [0.15, 0.2) is 5.76 Å². The van der Waals surface area contributed by atoms with Crippen LogP contribution in [0.3, 0.4) is 0 Å². The van der Waals surface area contributed by atoms with E-state index < -0.39 is 5.91 Å². The molecule has 0 aliphatic heterocycles. The summed E-state index contributed by atoms with van der Waals surface area (Å²) in [7, 11) is 0. The summed E-state index contributed by atoms with van der Waals surface area (Å²) < 4.78 is 5.28. The highest BCUT2D eigenvalue weighted by molar-refractivity contribution is 5.89. The van der Waals surface area contributed by atoms with Gasteiger partial charge >= 0.3 is 0 Å². The Kier molecular flexibility index (Phi) is 4.54. The van der Waals surface area contributed by atoms with Crippen molar-refractivity contribution in [1.29, 1.82) is 0 Å². The number of carbonyl (C=O) groups excluding carboxylic acids is 1. The number of carbonyl (C=O) groups is 1. The van der Waals surface area contributed by atoms with E-state index in [1.807, 2.05) is 0 Å². The number of hydrogen-bond donors (Lipinski definition) is 1. The molecule has 0 saturated carbocycles. The number of nitrogens with two attached hydrogens (primary N) is 1. The van der Waals surface area contributed by atoms with Crippen LogP contribution in [0.5, 0.6) is 0 Å². The minimum absolute atomic E-state index is 0.187. The van der Waals surface area contributed by atoms with E-state index in [1.165, 1.54) is 0 Å². The van der Waals surface area contributed by atoms with Crippen molar-refractivity contribution in [1.82, 2.24) is 4.90 Å². The predicted molar refractivity (Wildman–Crippen MR) is 62.9 cm³/mol. The Morgan fingerprint density at radius 1 is 1.38 bits per heavy atom. The molecule has 0 bridgehead atoms. The molecule has 0 saturated heterocycles. The molecule has 1 aromatic rings. The monoisotopic (exact) mass is 220 g/mol. The zero-order valence-electron chi connectivity index (χ0n) is 9.19. The van der Waals surface area contributed by atoms with E-state index in [2.05, 4.69) is 18.1 Å². The molecule has 0 aromatic carbocycles. The van der Waals surface area contributed by atoms with Gasteiger partial charge in [-0.3, -0.25) is 9.69 Å². The number of amides is 1. The standard InChI is InChI=1S/C12H16N2O2/c1-3-7-14(8-4-2)9-10-5-6-11(16-10)12(13)15/h3-6H,1-2,7-9H2,(H2,13,15). The van der Waals surface area contributed by atoms with Crippen molar-refractivity contribution in [3.05, 3.63) is 49.0 Å². The largest absolute Gasteiger partial charge is 0.455 e. The molecule has 2 N–H and O–H groups in total. The molecule has 86 valence electrons. The van der Waals surface area contributed by atoms with Crippen molar-refractivity contribution in [2.24, 2.45) is 5.73 Å². The summed E-state index contributed by atoms with van der Waals surface area (Å²) in [5.41, 5.74) is 5.10. The van der Waals surface area contributed by atoms with Crippen molar-refractivity contribution in [3.8, 4) is 0 Å². The van der Waals surface area contributed by atoms with Crippen LogP contribution in [0.4, 0.5) is 0 Å². The third kappa shape index (κ3) is 3.40. The highest BCUT2D eigenvalue weighted by atomic mass is 16.4. The first kappa shape index (κ1) is 12.3. The highest BCUT2D eigenvalue weighted by Crippen LogP contribution is 2.10. The molecule has 0 fully saturated rings. The SMILES string of the molecule is C=CCN(CC=C)Cc1ccc(C(N)=O)o1. The van der Waals surface area contributed by atoms with Crippen molar-refractivity contribution in [3.63, 3.8) is 0 Å². The van der Waals surface area contributed by atoms with E-state index in [0.717, 1.165) is 13.1 Å². The van der Waals surface area contributed by atoms with Crippen molar-refractivity contribution < 1.29 is 9.21 Å². The van der Waals surface area contributed by atoms with Crippen LogP contribution in [0.1, 0.15) is 16.3 Å². The molecule has 0 radical (unpaired) electrons. The van der Waals surface area contributed by atoms with E-state index in [-0.39, 0.29) is 5.76 Å². The molecular formula is C12H16N2O2. The van der Waals surface area contributed by atoms with Crippen LogP contribution in [0.25, 0.3) is 0 Å². The van der Waals surface area contributed by atoms with E-state index in [0.29, 0.717) is 12.3 Å². The van der Waals surface area contributed by atoms with E-state index in [9.17, 15) is 4.79 Å². The minimum atomic E-state index is -0.551. The second-order valence-electron chi connectivity index (χ2n) is 3.40. The summed E-state index contributed by atoms with van der Waals surface area (Å²) in [6, 6.07) is 3.33. The fraction of sp³-hybridized carbons (Fsp3) is 0.250. The predicted octanol–water partition coefficient (Wildman–Crippen LogP) is 1.55. The maximum atomic E-state index is 10.8. The van der Waals surface area contributed by atoms with Gasteiger partial charge in [0.1, 0.15) is 5.76 Å². The van der Waals surface area contributed by atoms with Gasteiger partial charge in [-0.15, -0.1) is 13.2 Å². The first-order valence-corrected chi connectivity index (χ1v) is 5.00. The fourth-order valence-corrected chi connectivity index (χ4v) is 1.38. The summed E-state index contributed by atoms with van der Waals surface area (Å²) >= 11 is 0. The van der Waals surface area contributed by atoms with Crippen molar-refractivity contribution >= 4 is 5.91 Å². The number of nitrogens with zero attached hydrogens (tertiary/aromatic N) is 1. The lowest BCUT2D eigenvalue weighted by Gasteiger charge is -2.16. The zero-order valence-corrected chi connectivity index (χ0v) is 9.19. The van der Waals surface area contributed by atoms with Gasteiger partial charge in [0.2, 0.25) is 0 Å². The summed E-state index contributed by atoms with van der Waals surface area (Å²) in [6.45, 7) is 9.43. The number of primary amides is 1. The summed E-state index contributed by atoms with van der Waals surface area (Å²) in [4.78, 5) is 12.9. The summed E-state index contributed by atoms with van der Waals surface area (Å²) in [5, 5.41) is 0. The normalized spacial score (nSPS) is 10.3. The van der Waals surface area contributed by atoms with Crippen LogP contribution in [0, 0.1) is 0 Å². The first-order chi connectivity index (χ1) is 7.67. The minimum Gasteiger partial charge on any atom is -0.455 e. The Morgan fingerprint density at radius 3 is 2.44 bits per heavy atom. The highest BCUT2D eigenvalue weighted by Gasteiger charge is 2.09. The second-order valence-corrected chi connectivity index (χ2v) is 3.40. The lowest BCUT2D eigenvalue weighted by Crippen LogP contribution is -2.23. The number of hydrogen-bond acceptors (Lipinski definition) is 3. The van der Waals surface area contributed by atoms with Gasteiger partial charge < -0.3 is 10.2 Å². The van der Waals surface area contributed by atoms with Gasteiger partial charge in [-0.1, -0.05) is 12.2 Å². The molecule has 0 aliphatic rings. The van der Waals surface area contributed by atoms with E-state index in [1.54, 1.807) is 24.3 Å². The molecule has 1 heterocycles. The third-order valence-corrected chi connectivity index (χ3v) is 2.06. The molecule has 0 atom stereocenters. The van der Waals surface area contributed by atoms with Gasteiger partial charge in [0.05, 0.1) is 6.54 Å². The van der Waals surface area contributed by atoms with Crippen LogP contribution in [0.15, 0.2) is 41.9 Å². The van der Waals surface area contributed by atoms with Crippen LogP contribution in [0.2, 0.25) is 0 Å². The Hall–Kier alpha value is -1.81. The second kappa shape index (κ2) is 5.92. The topological polar surface area (TPSA) is 59.5 Å². The van der Waals surface area contributed by atoms with E-state index >= 15 is 0 Å². The zero-order chi connectivity index (χ0) is 12.0. The average molecular weight is 220 g/mol.